The highest BCUT2D eigenvalue weighted by atomic mass is 35.5. The molecular formula is C19H14ClF2NO2. The summed E-state index contributed by atoms with van der Waals surface area (Å²) in [4.78, 5) is 4.38. The smallest absolute Gasteiger partial charge is 0.387 e. The van der Waals surface area contributed by atoms with Crippen molar-refractivity contribution in [1.29, 1.82) is 0 Å². The fraction of sp³-hybridized carbons (Fsp3) is 0.105. The zero-order valence-electron chi connectivity index (χ0n) is 13.2. The van der Waals surface area contributed by atoms with Crippen LogP contribution in [0.1, 0.15) is 5.56 Å². The average molecular weight is 362 g/mol. The van der Waals surface area contributed by atoms with E-state index in [1.54, 1.807) is 19.4 Å². The van der Waals surface area contributed by atoms with Crippen LogP contribution in [0.15, 0.2) is 59.6 Å². The van der Waals surface area contributed by atoms with Crippen LogP contribution in [-0.2, 0) is 0 Å². The Labute approximate surface area is 148 Å². The Morgan fingerprint density at radius 2 is 1.80 bits per heavy atom. The van der Waals surface area contributed by atoms with Gasteiger partial charge in [-0.15, -0.1) is 0 Å². The van der Waals surface area contributed by atoms with Gasteiger partial charge < -0.3 is 9.47 Å². The average Bonchev–Trinajstić information content (AvgIpc) is 2.61. The van der Waals surface area contributed by atoms with E-state index in [2.05, 4.69) is 9.73 Å². The van der Waals surface area contributed by atoms with Crippen LogP contribution < -0.4 is 9.47 Å². The molecule has 3 aromatic carbocycles. The number of hydrogen-bond acceptors (Lipinski definition) is 3. The van der Waals surface area contributed by atoms with Gasteiger partial charge in [-0.3, -0.25) is 4.99 Å². The van der Waals surface area contributed by atoms with Crippen LogP contribution in [0.2, 0.25) is 5.02 Å². The molecule has 3 aromatic rings. The second-order valence-corrected chi connectivity index (χ2v) is 5.56. The minimum absolute atomic E-state index is 0.0693. The number of methoxy groups -OCH3 is 1. The van der Waals surface area contributed by atoms with Crippen molar-refractivity contribution in [2.75, 3.05) is 7.11 Å². The Bertz CT molecular complexity index is 928. The number of ether oxygens (including phenoxy) is 2. The van der Waals surface area contributed by atoms with Gasteiger partial charge >= 0.3 is 6.61 Å². The standard InChI is InChI=1S/C19H14ClF2NO2/c1-24-17-8-6-12-4-2-3-5-14(12)15(17)11-23-13-7-9-18(16(20)10-13)25-19(21)22/h2-11,19H,1H3. The molecule has 0 spiro atoms. The van der Waals surface area contributed by atoms with Crippen molar-refractivity contribution in [2.45, 2.75) is 6.61 Å². The minimum atomic E-state index is -2.92. The first-order valence-electron chi connectivity index (χ1n) is 7.42. The lowest BCUT2D eigenvalue weighted by Gasteiger charge is -2.09. The third-order valence-corrected chi connectivity index (χ3v) is 3.92. The first-order valence-corrected chi connectivity index (χ1v) is 7.80. The monoisotopic (exact) mass is 361 g/mol. The predicted molar refractivity (Wildman–Crippen MR) is 95.8 cm³/mol. The van der Waals surface area contributed by atoms with Crippen LogP contribution in [0, 0.1) is 0 Å². The molecule has 0 saturated heterocycles. The molecule has 0 atom stereocenters. The van der Waals surface area contributed by atoms with Crippen molar-refractivity contribution >= 4 is 34.3 Å². The quantitative estimate of drug-likeness (QED) is 0.533. The summed E-state index contributed by atoms with van der Waals surface area (Å²) >= 11 is 5.95. The largest absolute Gasteiger partial charge is 0.496 e. The Hall–Kier alpha value is -2.66. The highest BCUT2D eigenvalue weighted by Crippen LogP contribution is 2.31. The van der Waals surface area contributed by atoms with E-state index < -0.39 is 6.61 Å². The van der Waals surface area contributed by atoms with Crippen LogP contribution >= 0.6 is 11.6 Å². The van der Waals surface area contributed by atoms with Crippen molar-refractivity contribution < 1.29 is 18.3 Å². The van der Waals surface area contributed by atoms with Crippen molar-refractivity contribution in [2.24, 2.45) is 4.99 Å². The molecule has 0 unspecified atom stereocenters. The molecule has 0 bridgehead atoms. The summed E-state index contributed by atoms with van der Waals surface area (Å²) in [6, 6.07) is 16.1. The number of fused-ring (bicyclic) bond motifs is 1. The second-order valence-electron chi connectivity index (χ2n) is 5.15. The number of nitrogens with zero attached hydrogens (tertiary/aromatic N) is 1. The lowest BCUT2D eigenvalue weighted by Crippen LogP contribution is -2.01. The Balaban J connectivity index is 1.97. The molecule has 0 fully saturated rings. The van der Waals surface area contributed by atoms with Gasteiger partial charge in [-0.2, -0.15) is 8.78 Å². The summed E-state index contributed by atoms with van der Waals surface area (Å²) < 4.78 is 34.3. The van der Waals surface area contributed by atoms with Gasteiger partial charge in [0.2, 0.25) is 0 Å². The molecule has 0 radical (unpaired) electrons. The van der Waals surface area contributed by atoms with Gasteiger partial charge in [-0.05, 0) is 35.0 Å². The van der Waals surface area contributed by atoms with E-state index >= 15 is 0 Å². The molecule has 3 rings (SSSR count). The van der Waals surface area contributed by atoms with Gasteiger partial charge in [-0.25, -0.2) is 0 Å². The number of halogens is 3. The fourth-order valence-corrected chi connectivity index (χ4v) is 2.71. The molecule has 0 heterocycles. The van der Waals surface area contributed by atoms with Crippen LogP contribution in [-0.4, -0.2) is 19.9 Å². The molecule has 128 valence electrons. The normalized spacial score (nSPS) is 11.4. The van der Waals surface area contributed by atoms with Crippen molar-refractivity contribution in [1.82, 2.24) is 0 Å². The summed E-state index contributed by atoms with van der Waals surface area (Å²) in [5.41, 5.74) is 1.34. The molecule has 6 heteroatoms. The summed E-state index contributed by atoms with van der Waals surface area (Å²) in [5.74, 6) is 0.601. The van der Waals surface area contributed by atoms with E-state index in [1.807, 2.05) is 36.4 Å². The van der Waals surface area contributed by atoms with Crippen LogP contribution in [0.4, 0.5) is 14.5 Å². The zero-order valence-corrected chi connectivity index (χ0v) is 14.0. The first-order chi connectivity index (χ1) is 12.1. The summed E-state index contributed by atoms with van der Waals surface area (Å²) in [6.07, 6.45) is 1.67. The molecule has 0 aliphatic rings. The number of hydrogen-bond donors (Lipinski definition) is 0. The van der Waals surface area contributed by atoms with Crippen molar-refractivity contribution in [3.8, 4) is 11.5 Å². The zero-order chi connectivity index (χ0) is 17.8. The molecule has 25 heavy (non-hydrogen) atoms. The van der Waals surface area contributed by atoms with Gasteiger partial charge in [-0.1, -0.05) is 41.9 Å². The van der Waals surface area contributed by atoms with E-state index in [0.29, 0.717) is 11.4 Å². The van der Waals surface area contributed by atoms with Crippen molar-refractivity contribution in [3.63, 3.8) is 0 Å². The number of alkyl halides is 2. The molecule has 0 saturated carbocycles. The topological polar surface area (TPSA) is 30.8 Å². The third-order valence-electron chi connectivity index (χ3n) is 3.62. The SMILES string of the molecule is COc1ccc2ccccc2c1C=Nc1ccc(OC(F)F)c(Cl)c1. The van der Waals surface area contributed by atoms with Crippen LogP contribution in [0.25, 0.3) is 10.8 Å². The molecule has 0 aromatic heterocycles. The Morgan fingerprint density at radius 1 is 1.04 bits per heavy atom. The molecule has 3 nitrogen and oxygen atoms in total. The lowest BCUT2D eigenvalue weighted by atomic mass is 10.0. The van der Waals surface area contributed by atoms with E-state index in [9.17, 15) is 8.78 Å². The Morgan fingerprint density at radius 3 is 2.52 bits per heavy atom. The van der Waals surface area contributed by atoms with E-state index in [1.165, 1.54) is 12.1 Å². The number of aliphatic imine (C=N–C) groups is 1. The van der Waals surface area contributed by atoms with Gasteiger partial charge in [0.15, 0.2) is 0 Å². The predicted octanol–water partition coefficient (Wildman–Crippen LogP) is 5.85. The lowest BCUT2D eigenvalue weighted by molar-refractivity contribution is -0.0497. The van der Waals surface area contributed by atoms with Gasteiger partial charge in [0.1, 0.15) is 11.5 Å². The molecule has 0 amide bonds. The van der Waals surface area contributed by atoms with Gasteiger partial charge in [0, 0.05) is 11.8 Å². The van der Waals surface area contributed by atoms with E-state index in [4.69, 9.17) is 16.3 Å². The summed E-state index contributed by atoms with van der Waals surface area (Å²) in [5, 5.41) is 2.12. The maximum Gasteiger partial charge on any atom is 0.387 e. The highest BCUT2D eigenvalue weighted by molar-refractivity contribution is 6.32. The maximum atomic E-state index is 12.3. The number of benzene rings is 3. The van der Waals surface area contributed by atoms with E-state index in [-0.39, 0.29) is 10.8 Å². The fourth-order valence-electron chi connectivity index (χ4n) is 2.49. The Kier molecular flexibility index (Phi) is 5.14. The first kappa shape index (κ1) is 17.2. The maximum absolute atomic E-state index is 12.3. The highest BCUT2D eigenvalue weighted by Gasteiger charge is 2.09. The minimum Gasteiger partial charge on any atom is -0.496 e. The molecule has 0 aliphatic carbocycles. The summed E-state index contributed by atoms with van der Waals surface area (Å²) in [6.45, 7) is -2.92. The van der Waals surface area contributed by atoms with Gasteiger partial charge in [0.25, 0.3) is 0 Å². The molecular weight excluding hydrogens is 348 g/mol. The van der Waals surface area contributed by atoms with Crippen molar-refractivity contribution in [3.05, 3.63) is 65.2 Å². The van der Waals surface area contributed by atoms with Crippen LogP contribution in [0.3, 0.4) is 0 Å². The molecule has 0 aliphatic heterocycles. The third kappa shape index (κ3) is 3.88. The number of rotatable bonds is 5. The summed E-state index contributed by atoms with van der Waals surface area (Å²) in [7, 11) is 1.59. The second kappa shape index (κ2) is 7.49. The van der Waals surface area contributed by atoms with Gasteiger partial charge in [0.05, 0.1) is 17.8 Å². The van der Waals surface area contributed by atoms with Crippen LogP contribution in [0.5, 0.6) is 11.5 Å². The molecule has 0 N–H and O–H groups in total. The van der Waals surface area contributed by atoms with E-state index in [0.717, 1.165) is 16.3 Å².